The first-order chi connectivity index (χ1) is 9.93. The topological polar surface area (TPSA) is 44.7 Å². The van der Waals surface area contributed by atoms with Gasteiger partial charge in [-0.15, -0.1) is 0 Å². The summed E-state index contributed by atoms with van der Waals surface area (Å²) in [6.07, 6.45) is -0.480. The summed E-state index contributed by atoms with van der Waals surface area (Å²) in [4.78, 5) is 2.03. The molecule has 0 saturated heterocycles. The maximum Gasteiger partial charge on any atom is 0.0947 e. The summed E-state index contributed by atoms with van der Waals surface area (Å²) in [5.74, 6) is 0.649. The van der Waals surface area contributed by atoms with Crippen molar-refractivity contribution in [3.63, 3.8) is 0 Å². The minimum Gasteiger partial charge on any atom is -0.389 e. The molecule has 1 atom stereocenters. The number of anilines is 1. The molecule has 0 aromatic heterocycles. The zero-order chi connectivity index (χ0) is 15.8. The molecule has 0 aliphatic carbocycles. The van der Waals surface area contributed by atoms with E-state index in [0.717, 1.165) is 23.2 Å². The molecule has 0 saturated carbocycles. The third-order valence-corrected chi connectivity index (χ3v) is 3.93. The van der Waals surface area contributed by atoms with Crippen LogP contribution in [-0.4, -0.2) is 45.1 Å². The summed E-state index contributed by atoms with van der Waals surface area (Å²) in [5, 5.41) is 13.2. The Hall–Kier alpha value is -0.620. The second-order valence-electron chi connectivity index (χ2n) is 5.79. The van der Waals surface area contributed by atoms with Crippen molar-refractivity contribution in [1.82, 2.24) is 5.32 Å². The van der Waals surface area contributed by atoms with Gasteiger partial charge in [0.15, 0.2) is 0 Å². The van der Waals surface area contributed by atoms with Crippen LogP contribution in [0.2, 0.25) is 0 Å². The number of aliphatic hydroxyl groups excluding tert-OH is 1. The van der Waals surface area contributed by atoms with E-state index in [1.165, 1.54) is 5.56 Å². The van der Waals surface area contributed by atoms with Crippen molar-refractivity contribution in [2.45, 2.75) is 26.5 Å². The Morgan fingerprint density at radius 3 is 2.67 bits per heavy atom. The molecule has 0 spiro atoms. The van der Waals surface area contributed by atoms with E-state index in [1.807, 2.05) is 11.9 Å². The third kappa shape index (κ3) is 6.78. The number of rotatable bonds is 9. The second-order valence-corrected chi connectivity index (χ2v) is 6.64. The van der Waals surface area contributed by atoms with Crippen molar-refractivity contribution in [1.29, 1.82) is 0 Å². The Labute approximate surface area is 136 Å². The van der Waals surface area contributed by atoms with Crippen LogP contribution in [-0.2, 0) is 11.3 Å². The van der Waals surface area contributed by atoms with Crippen LogP contribution in [0.4, 0.5) is 5.69 Å². The molecule has 4 nitrogen and oxygen atoms in total. The molecule has 0 bridgehead atoms. The van der Waals surface area contributed by atoms with Gasteiger partial charge in [0, 0.05) is 37.4 Å². The number of hydrogen-bond acceptors (Lipinski definition) is 4. The molecule has 2 N–H and O–H groups in total. The monoisotopic (exact) mass is 358 g/mol. The fourth-order valence-corrected chi connectivity index (χ4v) is 2.59. The van der Waals surface area contributed by atoms with Crippen molar-refractivity contribution in [3.8, 4) is 0 Å². The van der Waals surface area contributed by atoms with Crippen LogP contribution in [0.15, 0.2) is 22.7 Å². The van der Waals surface area contributed by atoms with Gasteiger partial charge >= 0.3 is 0 Å². The number of halogens is 1. The first-order valence-corrected chi connectivity index (χ1v) is 8.10. The fraction of sp³-hybridized carbons (Fsp3) is 0.625. The maximum absolute atomic E-state index is 9.78. The number of nitrogens with one attached hydrogen (secondary N) is 1. The normalized spacial score (nSPS) is 12.7. The highest BCUT2D eigenvalue weighted by molar-refractivity contribution is 9.10. The Bertz CT molecular complexity index is 427. The highest BCUT2D eigenvalue weighted by Crippen LogP contribution is 2.23. The van der Waals surface area contributed by atoms with Crippen molar-refractivity contribution in [2.75, 3.05) is 38.8 Å². The average Bonchev–Trinajstić information content (AvgIpc) is 2.40. The summed E-state index contributed by atoms with van der Waals surface area (Å²) in [5.41, 5.74) is 2.31. The van der Waals surface area contributed by atoms with Crippen molar-refractivity contribution in [3.05, 3.63) is 28.2 Å². The van der Waals surface area contributed by atoms with E-state index in [2.05, 4.69) is 53.3 Å². The van der Waals surface area contributed by atoms with Crippen LogP contribution in [0, 0.1) is 5.92 Å². The molecule has 5 heteroatoms. The van der Waals surface area contributed by atoms with E-state index in [9.17, 15) is 5.11 Å². The molecule has 1 aromatic rings. The highest BCUT2D eigenvalue weighted by atomic mass is 79.9. The number of aliphatic hydroxyl groups is 1. The lowest BCUT2D eigenvalue weighted by atomic mass is 10.1. The average molecular weight is 359 g/mol. The van der Waals surface area contributed by atoms with Gasteiger partial charge < -0.3 is 20.1 Å². The van der Waals surface area contributed by atoms with E-state index >= 15 is 0 Å². The molecule has 0 heterocycles. The zero-order valence-electron chi connectivity index (χ0n) is 13.4. The number of hydrogen-bond donors (Lipinski definition) is 2. The zero-order valence-corrected chi connectivity index (χ0v) is 15.0. The number of nitrogens with zero attached hydrogens (tertiary/aromatic N) is 1. The molecule has 0 amide bonds. The number of methoxy groups -OCH3 is 1. The van der Waals surface area contributed by atoms with Gasteiger partial charge in [0.1, 0.15) is 0 Å². The second kappa shape index (κ2) is 9.41. The molecule has 120 valence electrons. The Morgan fingerprint density at radius 2 is 2.10 bits per heavy atom. The van der Waals surface area contributed by atoms with Crippen LogP contribution in [0.1, 0.15) is 19.4 Å². The summed E-state index contributed by atoms with van der Waals surface area (Å²) >= 11 is 3.63. The molecular weight excluding hydrogens is 332 g/mol. The molecule has 1 unspecified atom stereocenters. The van der Waals surface area contributed by atoms with Gasteiger partial charge in [0.2, 0.25) is 0 Å². The predicted molar refractivity (Wildman–Crippen MR) is 91.8 cm³/mol. The molecule has 0 fully saturated rings. The van der Waals surface area contributed by atoms with E-state index in [-0.39, 0.29) is 0 Å². The largest absolute Gasteiger partial charge is 0.389 e. The molecule has 0 radical (unpaired) electrons. The van der Waals surface area contributed by atoms with Crippen LogP contribution >= 0.6 is 15.9 Å². The summed E-state index contributed by atoms with van der Waals surface area (Å²) < 4.78 is 6.04. The van der Waals surface area contributed by atoms with Crippen LogP contribution in [0.3, 0.4) is 0 Å². The quantitative estimate of drug-likeness (QED) is 0.712. The first-order valence-electron chi connectivity index (χ1n) is 7.31. The predicted octanol–water partition coefficient (Wildman–Crippen LogP) is 2.64. The molecule has 21 heavy (non-hydrogen) atoms. The van der Waals surface area contributed by atoms with Gasteiger partial charge in [-0.25, -0.2) is 0 Å². The van der Waals surface area contributed by atoms with E-state index < -0.39 is 6.10 Å². The van der Waals surface area contributed by atoms with Crippen LogP contribution in [0.5, 0.6) is 0 Å². The molecule has 0 aliphatic rings. The minimum atomic E-state index is -0.480. The number of ether oxygens (including phenoxy) is 1. The summed E-state index contributed by atoms with van der Waals surface area (Å²) in [6, 6.07) is 6.29. The van der Waals surface area contributed by atoms with Gasteiger partial charge in [-0.2, -0.15) is 0 Å². The smallest absolute Gasteiger partial charge is 0.0947 e. The molecule has 1 aromatic carbocycles. The standard InChI is InChI=1S/C16H27BrN2O2/c1-12(2)8-18-9-13-5-6-14(7-16(13)17)19(3)10-15(20)11-21-4/h5-7,12,15,18,20H,8-11H2,1-4H3. The Morgan fingerprint density at radius 1 is 1.38 bits per heavy atom. The van der Waals surface area contributed by atoms with Gasteiger partial charge in [-0.1, -0.05) is 35.8 Å². The van der Waals surface area contributed by atoms with E-state index in [4.69, 9.17) is 4.74 Å². The van der Waals surface area contributed by atoms with Gasteiger partial charge in [-0.05, 0) is 30.2 Å². The first kappa shape index (κ1) is 18.4. The number of likely N-dealkylation sites (N-methyl/N-ethyl adjacent to an activating group) is 1. The van der Waals surface area contributed by atoms with Crippen molar-refractivity contribution in [2.24, 2.45) is 5.92 Å². The van der Waals surface area contributed by atoms with E-state index in [1.54, 1.807) is 7.11 Å². The fourth-order valence-electron chi connectivity index (χ4n) is 2.08. The van der Waals surface area contributed by atoms with Gasteiger partial charge in [-0.3, -0.25) is 0 Å². The maximum atomic E-state index is 9.78. The van der Waals surface area contributed by atoms with Gasteiger partial charge in [0.05, 0.1) is 12.7 Å². The highest BCUT2D eigenvalue weighted by Gasteiger charge is 2.10. The molecule has 1 rings (SSSR count). The third-order valence-electron chi connectivity index (χ3n) is 3.19. The van der Waals surface area contributed by atoms with Crippen LogP contribution in [0.25, 0.3) is 0 Å². The van der Waals surface area contributed by atoms with Crippen molar-refractivity contribution < 1.29 is 9.84 Å². The van der Waals surface area contributed by atoms with E-state index in [0.29, 0.717) is 19.1 Å². The lowest BCUT2D eigenvalue weighted by molar-refractivity contribution is 0.0695. The molecular formula is C16H27BrN2O2. The summed E-state index contributed by atoms with van der Waals surface area (Å²) in [6.45, 7) is 7.16. The Kier molecular flexibility index (Phi) is 8.26. The SMILES string of the molecule is COCC(O)CN(C)c1ccc(CNCC(C)C)c(Br)c1. The summed E-state index contributed by atoms with van der Waals surface area (Å²) in [7, 11) is 3.57. The lowest BCUT2D eigenvalue weighted by Gasteiger charge is -2.23. The number of benzene rings is 1. The lowest BCUT2D eigenvalue weighted by Crippen LogP contribution is -2.31. The van der Waals surface area contributed by atoms with Crippen LogP contribution < -0.4 is 10.2 Å². The Balaban J connectivity index is 2.60. The van der Waals surface area contributed by atoms with Gasteiger partial charge in [0.25, 0.3) is 0 Å². The minimum absolute atomic E-state index is 0.350. The molecule has 0 aliphatic heterocycles. The van der Waals surface area contributed by atoms with Crippen molar-refractivity contribution >= 4 is 21.6 Å².